The van der Waals surface area contributed by atoms with Gasteiger partial charge in [0.1, 0.15) is 17.2 Å². The third-order valence-electron chi connectivity index (χ3n) is 5.93. The van der Waals surface area contributed by atoms with E-state index >= 15 is 0 Å². The monoisotopic (exact) mass is 419 g/mol. The van der Waals surface area contributed by atoms with E-state index in [2.05, 4.69) is 25.5 Å². The molecule has 0 unspecified atom stereocenters. The fourth-order valence-electron chi connectivity index (χ4n) is 4.18. The minimum atomic E-state index is -0.335. The molecule has 0 radical (unpaired) electrons. The molecule has 2 N–H and O–H groups in total. The maximum absolute atomic E-state index is 13.8. The van der Waals surface area contributed by atoms with Gasteiger partial charge in [0, 0.05) is 29.6 Å². The average Bonchev–Trinajstić information content (AvgIpc) is 3.47. The Hall–Kier alpha value is -3.55. The second kappa shape index (κ2) is 8.29. The number of hydrogen-bond acceptors (Lipinski definition) is 5. The molecule has 0 spiro atoms. The molecule has 158 valence electrons. The van der Waals surface area contributed by atoms with Gasteiger partial charge in [0.2, 0.25) is 5.89 Å². The van der Waals surface area contributed by atoms with Gasteiger partial charge in [0.15, 0.2) is 0 Å². The molecule has 8 heteroatoms. The highest BCUT2D eigenvalue weighted by Crippen LogP contribution is 2.35. The zero-order valence-corrected chi connectivity index (χ0v) is 16.8. The molecular formula is C23H22FN5O2. The van der Waals surface area contributed by atoms with Crippen molar-refractivity contribution in [3.63, 3.8) is 0 Å². The molecule has 1 aliphatic carbocycles. The normalized spacial score (nSPS) is 18.9. The van der Waals surface area contributed by atoms with Crippen LogP contribution in [0.15, 0.2) is 53.1 Å². The molecule has 7 nitrogen and oxygen atoms in total. The first-order chi connectivity index (χ1) is 15.2. The van der Waals surface area contributed by atoms with Crippen LogP contribution in [0.1, 0.15) is 48.0 Å². The van der Waals surface area contributed by atoms with Crippen LogP contribution >= 0.6 is 0 Å². The van der Waals surface area contributed by atoms with Gasteiger partial charge in [-0.15, -0.1) is 10.2 Å². The number of pyridine rings is 1. The zero-order chi connectivity index (χ0) is 21.2. The minimum absolute atomic E-state index is 0.213. The third kappa shape index (κ3) is 4.05. The van der Waals surface area contributed by atoms with E-state index in [-0.39, 0.29) is 17.6 Å². The largest absolute Gasteiger partial charge is 0.419 e. The lowest BCUT2D eigenvalue weighted by Gasteiger charge is -2.26. The first kappa shape index (κ1) is 19.4. The number of nitrogens with zero attached hydrogens (tertiary/aromatic N) is 3. The van der Waals surface area contributed by atoms with E-state index in [1.807, 2.05) is 18.2 Å². The molecule has 3 heterocycles. The molecule has 3 aromatic heterocycles. The number of amides is 1. The van der Waals surface area contributed by atoms with Crippen molar-refractivity contribution in [1.82, 2.24) is 25.5 Å². The second-order valence-electron chi connectivity index (χ2n) is 7.97. The van der Waals surface area contributed by atoms with Gasteiger partial charge in [0.25, 0.3) is 11.8 Å². The van der Waals surface area contributed by atoms with E-state index in [1.165, 1.54) is 6.07 Å². The first-order valence-electron chi connectivity index (χ1n) is 10.5. The predicted octanol–water partition coefficient (Wildman–Crippen LogP) is 4.46. The Kier molecular flexibility index (Phi) is 5.19. The van der Waals surface area contributed by atoms with E-state index < -0.39 is 0 Å². The lowest BCUT2D eigenvalue weighted by Crippen LogP contribution is -2.31. The quantitative estimate of drug-likeness (QED) is 0.498. The van der Waals surface area contributed by atoms with Crippen LogP contribution in [0.3, 0.4) is 0 Å². The summed E-state index contributed by atoms with van der Waals surface area (Å²) in [4.78, 5) is 19.7. The van der Waals surface area contributed by atoms with E-state index in [4.69, 9.17) is 4.42 Å². The van der Waals surface area contributed by atoms with Crippen molar-refractivity contribution in [3.05, 3.63) is 66.1 Å². The highest BCUT2D eigenvalue weighted by Gasteiger charge is 2.27. The molecule has 1 saturated carbocycles. The molecule has 0 saturated heterocycles. The van der Waals surface area contributed by atoms with Gasteiger partial charge in [-0.05, 0) is 61.9 Å². The van der Waals surface area contributed by atoms with Crippen LogP contribution < -0.4 is 5.32 Å². The molecule has 31 heavy (non-hydrogen) atoms. The maximum Gasteiger partial charge on any atom is 0.267 e. The average molecular weight is 419 g/mol. The van der Waals surface area contributed by atoms with Crippen molar-refractivity contribution in [2.24, 2.45) is 5.92 Å². The molecule has 1 fully saturated rings. The Morgan fingerprint density at radius 1 is 1.13 bits per heavy atom. The summed E-state index contributed by atoms with van der Waals surface area (Å²) in [6.07, 6.45) is 5.50. The molecular weight excluding hydrogens is 397 g/mol. The van der Waals surface area contributed by atoms with E-state index in [0.29, 0.717) is 46.5 Å². The summed E-state index contributed by atoms with van der Waals surface area (Å²) in [6, 6.07) is 11.9. The third-order valence-corrected chi connectivity index (χ3v) is 5.93. The number of halogens is 1. The summed E-state index contributed by atoms with van der Waals surface area (Å²) in [5, 5.41) is 11.8. The van der Waals surface area contributed by atoms with E-state index in [9.17, 15) is 9.18 Å². The van der Waals surface area contributed by atoms with Gasteiger partial charge in [-0.2, -0.15) is 0 Å². The van der Waals surface area contributed by atoms with Crippen molar-refractivity contribution in [1.29, 1.82) is 0 Å². The van der Waals surface area contributed by atoms with Crippen molar-refractivity contribution < 1.29 is 13.6 Å². The van der Waals surface area contributed by atoms with Crippen LogP contribution in [0.4, 0.5) is 4.39 Å². The number of nitrogens with one attached hydrogen (secondary N) is 2. The Morgan fingerprint density at radius 3 is 2.77 bits per heavy atom. The van der Waals surface area contributed by atoms with Gasteiger partial charge in [0.05, 0.1) is 0 Å². The SMILES string of the molecule is O=C(NCC1CCC(c2nnc(-c3ccccn3)o2)CC1)c1cc2c(F)cccc2[nH]1. The summed E-state index contributed by atoms with van der Waals surface area (Å²) in [7, 11) is 0. The van der Waals surface area contributed by atoms with Crippen LogP contribution in [-0.2, 0) is 0 Å². The van der Waals surface area contributed by atoms with Crippen LogP contribution in [0.5, 0.6) is 0 Å². The highest BCUT2D eigenvalue weighted by atomic mass is 19.1. The zero-order valence-electron chi connectivity index (χ0n) is 16.8. The van der Waals surface area contributed by atoms with Crippen LogP contribution in [0, 0.1) is 11.7 Å². The fraction of sp³-hybridized carbons (Fsp3) is 0.304. The van der Waals surface area contributed by atoms with Gasteiger partial charge < -0.3 is 14.7 Å². The van der Waals surface area contributed by atoms with Crippen LogP contribution in [-0.4, -0.2) is 32.6 Å². The number of hydrogen-bond donors (Lipinski definition) is 2. The molecule has 0 atom stereocenters. The van der Waals surface area contributed by atoms with Gasteiger partial charge in [-0.3, -0.25) is 9.78 Å². The summed E-state index contributed by atoms with van der Waals surface area (Å²) in [5.74, 6) is 1.17. The minimum Gasteiger partial charge on any atom is -0.419 e. The number of aromatic amines is 1. The molecule has 0 aliphatic heterocycles. The topological polar surface area (TPSA) is 96.7 Å². The lowest BCUT2D eigenvalue weighted by molar-refractivity contribution is 0.0938. The van der Waals surface area contributed by atoms with Crippen molar-refractivity contribution in [3.8, 4) is 11.6 Å². The lowest BCUT2D eigenvalue weighted by atomic mass is 9.82. The van der Waals surface area contributed by atoms with Crippen LogP contribution in [0.2, 0.25) is 0 Å². The Balaban J connectivity index is 1.14. The second-order valence-corrected chi connectivity index (χ2v) is 7.97. The Labute approximate surface area is 178 Å². The van der Waals surface area contributed by atoms with Gasteiger partial charge in [-0.25, -0.2) is 4.39 Å². The number of carbonyl (C=O) groups excluding carboxylic acids is 1. The summed E-state index contributed by atoms with van der Waals surface area (Å²) in [6.45, 7) is 0.590. The van der Waals surface area contributed by atoms with Crippen molar-refractivity contribution >= 4 is 16.8 Å². The molecule has 1 aliphatic rings. The smallest absolute Gasteiger partial charge is 0.267 e. The van der Waals surface area contributed by atoms with Crippen LogP contribution in [0.25, 0.3) is 22.5 Å². The number of aromatic nitrogens is 4. The number of fused-ring (bicyclic) bond motifs is 1. The van der Waals surface area contributed by atoms with E-state index in [0.717, 1.165) is 25.7 Å². The Bertz CT molecular complexity index is 1200. The standard InChI is InChI=1S/C23H22FN5O2/c24-17-4-3-6-18-16(17)12-20(27-18)21(30)26-13-14-7-9-15(10-8-14)22-28-29-23(31-22)19-5-1-2-11-25-19/h1-6,11-12,14-15,27H,7-10,13H2,(H,26,30). The number of benzene rings is 1. The summed E-state index contributed by atoms with van der Waals surface area (Å²) < 4.78 is 19.7. The molecule has 4 aromatic rings. The van der Waals surface area contributed by atoms with Crippen molar-refractivity contribution in [2.75, 3.05) is 6.54 Å². The van der Waals surface area contributed by atoms with E-state index in [1.54, 1.807) is 24.4 Å². The van der Waals surface area contributed by atoms with Crippen molar-refractivity contribution in [2.45, 2.75) is 31.6 Å². The van der Waals surface area contributed by atoms with Gasteiger partial charge >= 0.3 is 0 Å². The first-order valence-corrected chi connectivity index (χ1v) is 10.5. The predicted molar refractivity (Wildman–Crippen MR) is 113 cm³/mol. The number of carbonyl (C=O) groups is 1. The molecule has 0 bridgehead atoms. The number of H-pyrrole nitrogens is 1. The summed E-state index contributed by atoms with van der Waals surface area (Å²) in [5.41, 5.74) is 1.67. The fourth-order valence-corrected chi connectivity index (χ4v) is 4.18. The molecule has 1 amide bonds. The maximum atomic E-state index is 13.8. The molecule has 5 rings (SSSR count). The van der Waals surface area contributed by atoms with Gasteiger partial charge in [-0.1, -0.05) is 12.1 Å². The summed E-state index contributed by atoms with van der Waals surface area (Å²) >= 11 is 0. The Morgan fingerprint density at radius 2 is 2.00 bits per heavy atom. The highest BCUT2D eigenvalue weighted by molar-refractivity contribution is 5.98. The number of rotatable bonds is 5. The molecule has 1 aromatic carbocycles.